The van der Waals surface area contributed by atoms with Crippen molar-refractivity contribution in [2.75, 3.05) is 19.8 Å². The van der Waals surface area contributed by atoms with E-state index in [4.69, 9.17) is 10.5 Å². The molecule has 0 amide bonds. The van der Waals surface area contributed by atoms with Crippen molar-refractivity contribution >= 4 is 0 Å². The molecule has 0 aromatic carbocycles. The van der Waals surface area contributed by atoms with Gasteiger partial charge >= 0.3 is 0 Å². The van der Waals surface area contributed by atoms with E-state index in [0.29, 0.717) is 0 Å². The molecule has 0 aliphatic heterocycles. The van der Waals surface area contributed by atoms with Crippen LogP contribution in [0.3, 0.4) is 0 Å². The van der Waals surface area contributed by atoms with Gasteiger partial charge in [0, 0.05) is 13.2 Å². The maximum atomic E-state index is 5.63. The lowest BCUT2D eigenvalue weighted by molar-refractivity contribution is 0.139. The maximum absolute atomic E-state index is 5.63. The van der Waals surface area contributed by atoms with Crippen LogP contribution in [-0.4, -0.2) is 19.8 Å². The summed E-state index contributed by atoms with van der Waals surface area (Å²) < 4.78 is 5.27. The quantitative estimate of drug-likeness (QED) is 0.571. The van der Waals surface area contributed by atoms with Crippen LogP contribution in [0.4, 0.5) is 0 Å². The van der Waals surface area contributed by atoms with Crippen molar-refractivity contribution < 1.29 is 4.74 Å². The van der Waals surface area contributed by atoms with Gasteiger partial charge in [-0.15, -0.1) is 0 Å². The molecule has 0 bridgehead atoms. The SMILES string of the molecule is CCCC(CN)CCCOCC. The van der Waals surface area contributed by atoms with Crippen molar-refractivity contribution in [1.29, 1.82) is 0 Å². The van der Waals surface area contributed by atoms with Gasteiger partial charge in [-0.25, -0.2) is 0 Å². The molecule has 0 aliphatic rings. The lowest BCUT2D eigenvalue weighted by Gasteiger charge is -2.12. The zero-order chi connectivity index (χ0) is 9.23. The van der Waals surface area contributed by atoms with Crippen molar-refractivity contribution in [3.05, 3.63) is 0 Å². The van der Waals surface area contributed by atoms with E-state index in [2.05, 4.69) is 6.92 Å². The Morgan fingerprint density at radius 3 is 2.50 bits per heavy atom. The van der Waals surface area contributed by atoms with Gasteiger partial charge in [-0.05, 0) is 38.6 Å². The highest BCUT2D eigenvalue weighted by Crippen LogP contribution is 2.11. The lowest BCUT2D eigenvalue weighted by Crippen LogP contribution is -2.14. The van der Waals surface area contributed by atoms with Crippen molar-refractivity contribution in [1.82, 2.24) is 0 Å². The fraction of sp³-hybridized carbons (Fsp3) is 1.00. The van der Waals surface area contributed by atoms with Gasteiger partial charge in [-0.1, -0.05) is 13.3 Å². The number of hydrogen-bond acceptors (Lipinski definition) is 2. The second-order valence-corrected chi connectivity index (χ2v) is 3.23. The number of rotatable bonds is 8. The first kappa shape index (κ1) is 11.9. The van der Waals surface area contributed by atoms with E-state index in [9.17, 15) is 0 Å². The fourth-order valence-corrected chi connectivity index (χ4v) is 1.41. The van der Waals surface area contributed by atoms with Crippen molar-refractivity contribution in [3.63, 3.8) is 0 Å². The van der Waals surface area contributed by atoms with Crippen LogP contribution >= 0.6 is 0 Å². The van der Waals surface area contributed by atoms with Crippen molar-refractivity contribution in [2.45, 2.75) is 39.5 Å². The molecule has 0 spiro atoms. The predicted molar refractivity (Wildman–Crippen MR) is 53.2 cm³/mol. The van der Waals surface area contributed by atoms with Gasteiger partial charge in [-0.2, -0.15) is 0 Å². The van der Waals surface area contributed by atoms with Crippen LogP contribution < -0.4 is 5.73 Å². The zero-order valence-electron chi connectivity index (χ0n) is 8.51. The summed E-state index contributed by atoms with van der Waals surface area (Å²) in [5.41, 5.74) is 5.63. The van der Waals surface area contributed by atoms with E-state index in [1.54, 1.807) is 0 Å². The summed E-state index contributed by atoms with van der Waals surface area (Å²) in [6.07, 6.45) is 4.90. The molecule has 0 fully saturated rings. The molecule has 0 radical (unpaired) electrons. The minimum atomic E-state index is 0.718. The Morgan fingerprint density at radius 2 is 2.00 bits per heavy atom. The van der Waals surface area contributed by atoms with Crippen LogP contribution in [0.5, 0.6) is 0 Å². The van der Waals surface area contributed by atoms with Crippen LogP contribution in [0.1, 0.15) is 39.5 Å². The van der Waals surface area contributed by atoms with Crippen LogP contribution in [0.25, 0.3) is 0 Å². The average molecular weight is 173 g/mol. The van der Waals surface area contributed by atoms with E-state index in [1.807, 2.05) is 6.92 Å². The molecule has 0 saturated heterocycles. The Hall–Kier alpha value is -0.0800. The maximum Gasteiger partial charge on any atom is 0.0466 e. The van der Waals surface area contributed by atoms with Crippen LogP contribution in [0.15, 0.2) is 0 Å². The molecular formula is C10H23NO. The molecule has 0 aliphatic carbocycles. The van der Waals surface area contributed by atoms with E-state index >= 15 is 0 Å². The zero-order valence-corrected chi connectivity index (χ0v) is 8.51. The highest BCUT2D eigenvalue weighted by Gasteiger charge is 2.03. The summed E-state index contributed by atoms with van der Waals surface area (Å²) in [5, 5.41) is 0. The number of ether oxygens (including phenoxy) is 1. The van der Waals surface area contributed by atoms with Gasteiger partial charge in [0.15, 0.2) is 0 Å². The smallest absolute Gasteiger partial charge is 0.0466 e. The molecule has 12 heavy (non-hydrogen) atoms. The normalized spacial score (nSPS) is 13.2. The summed E-state index contributed by atoms with van der Waals surface area (Å²) in [6.45, 7) is 6.81. The molecule has 0 aromatic rings. The minimum absolute atomic E-state index is 0.718. The van der Waals surface area contributed by atoms with E-state index in [1.165, 1.54) is 19.3 Å². The third-order valence-corrected chi connectivity index (χ3v) is 2.14. The molecule has 2 nitrogen and oxygen atoms in total. The second kappa shape index (κ2) is 9.01. The Morgan fingerprint density at radius 1 is 1.25 bits per heavy atom. The standard InChI is InChI=1S/C10H23NO/c1-3-6-10(9-11)7-5-8-12-4-2/h10H,3-9,11H2,1-2H3. The molecule has 1 unspecified atom stereocenters. The molecule has 0 rings (SSSR count). The molecule has 74 valence electrons. The lowest BCUT2D eigenvalue weighted by atomic mass is 9.98. The van der Waals surface area contributed by atoms with Gasteiger partial charge in [0.2, 0.25) is 0 Å². The topological polar surface area (TPSA) is 35.2 Å². The molecule has 2 heteroatoms. The number of nitrogens with two attached hydrogens (primary N) is 1. The first-order chi connectivity index (χ1) is 5.85. The third-order valence-electron chi connectivity index (χ3n) is 2.14. The largest absolute Gasteiger partial charge is 0.382 e. The van der Waals surface area contributed by atoms with Crippen molar-refractivity contribution in [2.24, 2.45) is 11.7 Å². The summed E-state index contributed by atoms with van der Waals surface area (Å²) in [7, 11) is 0. The van der Waals surface area contributed by atoms with Crippen LogP contribution in [-0.2, 0) is 4.74 Å². The molecular weight excluding hydrogens is 150 g/mol. The summed E-state index contributed by atoms with van der Waals surface area (Å²) in [4.78, 5) is 0. The first-order valence-electron chi connectivity index (χ1n) is 5.12. The van der Waals surface area contributed by atoms with E-state index < -0.39 is 0 Å². The Labute approximate surface area is 76.5 Å². The third kappa shape index (κ3) is 6.62. The van der Waals surface area contributed by atoms with Gasteiger partial charge in [0.05, 0.1) is 0 Å². The van der Waals surface area contributed by atoms with Crippen LogP contribution in [0.2, 0.25) is 0 Å². The fourth-order valence-electron chi connectivity index (χ4n) is 1.41. The highest BCUT2D eigenvalue weighted by molar-refractivity contribution is 4.58. The molecule has 0 saturated carbocycles. The summed E-state index contributed by atoms with van der Waals surface area (Å²) >= 11 is 0. The number of hydrogen-bond donors (Lipinski definition) is 1. The average Bonchev–Trinajstić information content (AvgIpc) is 2.10. The first-order valence-corrected chi connectivity index (χ1v) is 5.12. The van der Waals surface area contributed by atoms with Gasteiger partial charge in [0.1, 0.15) is 0 Å². The second-order valence-electron chi connectivity index (χ2n) is 3.23. The summed E-state index contributed by atoms with van der Waals surface area (Å²) in [5.74, 6) is 0.718. The molecule has 2 N–H and O–H groups in total. The molecule has 0 heterocycles. The Kier molecular flexibility index (Phi) is 8.95. The van der Waals surface area contributed by atoms with Crippen molar-refractivity contribution in [3.8, 4) is 0 Å². The predicted octanol–water partition coefficient (Wildman–Crippen LogP) is 2.18. The van der Waals surface area contributed by atoms with Gasteiger partial charge < -0.3 is 10.5 Å². The van der Waals surface area contributed by atoms with E-state index in [-0.39, 0.29) is 0 Å². The van der Waals surface area contributed by atoms with Gasteiger partial charge in [0.25, 0.3) is 0 Å². The Balaban J connectivity index is 3.19. The molecule has 1 atom stereocenters. The minimum Gasteiger partial charge on any atom is -0.382 e. The molecule has 0 aromatic heterocycles. The van der Waals surface area contributed by atoms with Gasteiger partial charge in [-0.3, -0.25) is 0 Å². The van der Waals surface area contributed by atoms with Crippen LogP contribution in [0, 0.1) is 5.92 Å². The van der Waals surface area contributed by atoms with E-state index in [0.717, 1.165) is 32.1 Å². The highest BCUT2D eigenvalue weighted by atomic mass is 16.5. The monoisotopic (exact) mass is 173 g/mol. The Bertz CT molecular complexity index is 85.9. The summed E-state index contributed by atoms with van der Waals surface area (Å²) in [6, 6.07) is 0.